The van der Waals surface area contributed by atoms with Crippen molar-refractivity contribution < 1.29 is 29.7 Å². The van der Waals surface area contributed by atoms with Crippen LogP contribution in [0.5, 0.6) is 0 Å². The van der Waals surface area contributed by atoms with Crippen LogP contribution in [-0.2, 0) is 14.4 Å². The van der Waals surface area contributed by atoms with Gasteiger partial charge in [-0.05, 0) is 91.9 Å². The maximum Gasteiger partial charge on any atom is 0.184 e. The molecular formula is C33H42O6. The Kier molecular flexibility index (Phi) is 7.46. The van der Waals surface area contributed by atoms with Crippen LogP contribution >= 0.6 is 0 Å². The Bertz CT molecular complexity index is 1250. The minimum Gasteiger partial charge on any atom is -0.506 e. The molecule has 6 nitrogen and oxygen atoms in total. The van der Waals surface area contributed by atoms with Gasteiger partial charge in [-0.25, -0.2) is 0 Å². The number of hydrogen-bond donors (Lipinski definition) is 3. The van der Waals surface area contributed by atoms with Gasteiger partial charge in [-0.15, -0.1) is 0 Å². The number of Topliss-reactive ketones (excluding diaryl/α,β-unsaturated/α-hetero) is 3. The van der Waals surface area contributed by atoms with E-state index in [0.717, 1.165) is 11.1 Å². The summed E-state index contributed by atoms with van der Waals surface area (Å²) in [5.41, 5.74) is -4.19. The van der Waals surface area contributed by atoms with Gasteiger partial charge in [0.15, 0.2) is 17.3 Å². The number of aliphatic hydroxyl groups is 3. The van der Waals surface area contributed by atoms with E-state index >= 15 is 0 Å². The van der Waals surface area contributed by atoms with Crippen molar-refractivity contribution >= 4 is 23.1 Å². The molecule has 39 heavy (non-hydrogen) atoms. The molecular weight excluding hydrogens is 492 g/mol. The van der Waals surface area contributed by atoms with Crippen LogP contribution < -0.4 is 0 Å². The number of ketones is 3. The van der Waals surface area contributed by atoms with Crippen LogP contribution in [0, 0.1) is 22.7 Å². The van der Waals surface area contributed by atoms with Gasteiger partial charge in [0.1, 0.15) is 16.7 Å². The molecule has 0 bridgehead atoms. The predicted molar refractivity (Wildman–Crippen MR) is 151 cm³/mol. The number of aliphatic hydroxyl groups excluding tert-OH is 1. The Morgan fingerprint density at radius 3 is 1.97 bits per heavy atom. The molecule has 3 aliphatic carbocycles. The highest BCUT2D eigenvalue weighted by Gasteiger charge is 2.70. The molecule has 0 aliphatic heterocycles. The number of benzene rings is 1. The first-order valence-corrected chi connectivity index (χ1v) is 13.9. The van der Waals surface area contributed by atoms with E-state index in [1.807, 2.05) is 39.8 Å². The van der Waals surface area contributed by atoms with Crippen LogP contribution in [0.2, 0.25) is 0 Å². The summed E-state index contributed by atoms with van der Waals surface area (Å²) < 4.78 is 0. The summed E-state index contributed by atoms with van der Waals surface area (Å²) in [6.45, 7) is 10.9. The highest BCUT2D eigenvalue weighted by Crippen LogP contribution is 2.62. The van der Waals surface area contributed by atoms with Crippen molar-refractivity contribution in [1.82, 2.24) is 0 Å². The molecule has 210 valence electrons. The van der Waals surface area contributed by atoms with Gasteiger partial charge in [-0.1, -0.05) is 53.6 Å². The van der Waals surface area contributed by atoms with Crippen molar-refractivity contribution in [1.29, 1.82) is 0 Å². The second-order valence-electron chi connectivity index (χ2n) is 13.1. The van der Waals surface area contributed by atoms with E-state index in [2.05, 4.69) is 0 Å². The summed E-state index contributed by atoms with van der Waals surface area (Å²) in [4.78, 5) is 43.8. The summed E-state index contributed by atoms with van der Waals surface area (Å²) >= 11 is 0. The van der Waals surface area contributed by atoms with Crippen molar-refractivity contribution in [2.75, 3.05) is 0 Å². The van der Waals surface area contributed by atoms with Crippen molar-refractivity contribution in [3.8, 4) is 0 Å². The topological polar surface area (TPSA) is 112 Å². The number of rotatable bonds is 5. The molecule has 0 unspecified atom stereocenters. The quantitative estimate of drug-likeness (QED) is 0.147. The lowest BCUT2D eigenvalue weighted by Gasteiger charge is -2.54. The van der Waals surface area contributed by atoms with E-state index in [4.69, 9.17) is 0 Å². The number of allylic oxidation sites excluding steroid dienone is 5. The molecule has 1 aromatic rings. The highest BCUT2D eigenvalue weighted by atomic mass is 16.3. The maximum absolute atomic E-state index is 14.9. The van der Waals surface area contributed by atoms with Gasteiger partial charge in [-0.2, -0.15) is 0 Å². The van der Waals surface area contributed by atoms with E-state index in [0.29, 0.717) is 18.4 Å². The zero-order valence-corrected chi connectivity index (χ0v) is 24.0. The maximum atomic E-state index is 14.9. The van der Waals surface area contributed by atoms with Crippen LogP contribution in [0.25, 0.3) is 5.76 Å². The molecule has 0 amide bonds. The molecule has 1 aromatic carbocycles. The Morgan fingerprint density at radius 1 is 0.872 bits per heavy atom. The van der Waals surface area contributed by atoms with Gasteiger partial charge in [0.05, 0.1) is 16.6 Å². The first-order valence-electron chi connectivity index (χ1n) is 13.9. The Morgan fingerprint density at radius 2 is 1.44 bits per heavy atom. The summed E-state index contributed by atoms with van der Waals surface area (Å²) in [5.74, 6) is -3.17. The van der Waals surface area contributed by atoms with Crippen molar-refractivity contribution in [3.63, 3.8) is 0 Å². The van der Waals surface area contributed by atoms with Crippen molar-refractivity contribution in [3.05, 3.63) is 64.8 Å². The molecule has 6 heteroatoms. The van der Waals surface area contributed by atoms with Crippen LogP contribution in [0.4, 0.5) is 0 Å². The number of carbonyl (C=O) groups excluding carboxylic acids is 3. The fraction of sp³-hybridized carbons (Fsp3) is 0.545. The van der Waals surface area contributed by atoms with Gasteiger partial charge >= 0.3 is 0 Å². The van der Waals surface area contributed by atoms with Crippen molar-refractivity contribution in [2.45, 2.75) is 91.3 Å². The summed E-state index contributed by atoms with van der Waals surface area (Å²) in [6.07, 6.45) is 4.74. The zero-order chi connectivity index (χ0) is 29.0. The SMILES string of the molecule is CC(C)=CCC1(CC=C(C)C)C(=O)/C(=C(\O)c2ccccc2)C(=O)[C@@]2(C[C@H]3[C@H](CC[C@]3(C)O)[C@](C)(O)C2)C1=O. The molecule has 5 atom stereocenters. The Labute approximate surface area is 231 Å². The minimum absolute atomic E-state index is 0.0305. The Hall–Kier alpha value is -2.83. The molecule has 3 aliphatic rings. The summed E-state index contributed by atoms with van der Waals surface area (Å²) in [5, 5.41) is 34.5. The van der Waals surface area contributed by atoms with Gasteiger partial charge < -0.3 is 15.3 Å². The normalized spacial score (nSPS) is 35.0. The molecule has 3 saturated carbocycles. The van der Waals surface area contributed by atoms with Crippen molar-refractivity contribution in [2.24, 2.45) is 22.7 Å². The predicted octanol–water partition coefficient (Wildman–Crippen LogP) is 5.68. The van der Waals surface area contributed by atoms with E-state index < -0.39 is 51.1 Å². The highest BCUT2D eigenvalue weighted by molar-refractivity contribution is 6.41. The zero-order valence-electron chi connectivity index (χ0n) is 24.0. The summed E-state index contributed by atoms with van der Waals surface area (Å²) in [7, 11) is 0. The fourth-order valence-electron chi connectivity index (χ4n) is 7.32. The van der Waals surface area contributed by atoms with Gasteiger partial charge in [0, 0.05) is 5.56 Å². The smallest absolute Gasteiger partial charge is 0.184 e. The summed E-state index contributed by atoms with van der Waals surface area (Å²) in [6, 6.07) is 8.42. The standard InChI is InChI=1S/C33H42O6/c1-20(2)12-16-32(17-13-21(3)4)27(35)25(26(34)22-10-8-7-9-11-22)28(36)33(29(32)37)18-24-23(31(6,39)19-33)14-15-30(24,5)38/h7-13,23-24,34,38-39H,14-19H2,1-6H3/b26-25+/t23-,24-,30-,31+,33-/m0/s1. The molecule has 0 saturated heterocycles. The average molecular weight is 535 g/mol. The third kappa shape index (κ3) is 4.76. The van der Waals surface area contributed by atoms with E-state index in [1.165, 1.54) is 0 Å². The third-order valence-corrected chi connectivity index (χ3v) is 9.47. The lowest BCUT2D eigenvalue weighted by Crippen LogP contribution is -2.65. The molecule has 0 radical (unpaired) electrons. The first-order chi connectivity index (χ1) is 18.1. The first kappa shape index (κ1) is 29.2. The van der Waals surface area contributed by atoms with E-state index in [1.54, 1.807) is 44.2 Å². The third-order valence-electron chi connectivity index (χ3n) is 9.47. The van der Waals surface area contributed by atoms with Gasteiger partial charge in [0.2, 0.25) is 0 Å². The van der Waals surface area contributed by atoms with Crippen LogP contribution in [-0.4, -0.2) is 43.9 Å². The molecule has 0 aromatic heterocycles. The van der Waals surface area contributed by atoms with Crippen LogP contribution in [0.3, 0.4) is 0 Å². The van der Waals surface area contributed by atoms with Crippen LogP contribution in [0.15, 0.2) is 59.2 Å². The largest absolute Gasteiger partial charge is 0.506 e. The molecule has 1 spiro atoms. The lowest BCUT2D eigenvalue weighted by atomic mass is 9.47. The molecule has 3 fully saturated rings. The Balaban J connectivity index is 2.04. The van der Waals surface area contributed by atoms with Gasteiger partial charge in [0.25, 0.3) is 0 Å². The van der Waals surface area contributed by atoms with Gasteiger partial charge in [-0.3, -0.25) is 14.4 Å². The molecule has 0 heterocycles. The molecule has 3 N–H and O–H groups in total. The lowest BCUT2D eigenvalue weighted by molar-refractivity contribution is -0.175. The van der Waals surface area contributed by atoms with E-state index in [-0.39, 0.29) is 37.2 Å². The second kappa shape index (κ2) is 9.97. The fourth-order valence-corrected chi connectivity index (χ4v) is 7.32. The molecule has 4 rings (SSSR count). The average Bonchev–Trinajstić information content (AvgIpc) is 3.17. The number of carbonyl (C=O) groups is 3. The van der Waals surface area contributed by atoms with Crippen LogP contribution in [0.1, 0.15) is 85.6 Å². The number of hydrogen-bond acceptors (Lipinski definition) is 6. The minimum atomic E-state index is -1.75. The second-order valence-corrected chi connectivity index (χ2v) is 13.1. The van der Waals surface area contributed by atoms with E-state index in [9.17, 15) is 29.7 Å². The monoisotopic (exact) mass is 534 g/mol. The number of fused-ring (bicyclic) bond motifs is 1.